The van der Waals surface area contributed by atoms with E-state index >= 15 is 0 Å². The molecule has 1 aromatic carbocycles. The Bertz CT molecular complexity index is 402. The van der Waals surface area contributed by atoms with Crippen LogP contribution >= 0.6 is 27.5 Å². The van der Waals surface area contributed by atoms with Gasteiger partial charge in [0.05, 0.1) is 5.02 Å². The molecule has 1 aromatic rings. The van der Waals surface area contributed by atoms with Crippen LogP contribution < -0.4 is 0 Å². The van der Waals surface area contributed by atoms with Gasteiger partial charge in [-0.25, -0.2) is 9.18 Å². The maximum Gasteiger partial charge on any atom is 0.238 e. The molecule has 0 N–H and O–H groups in total. The Hall–Kier alpha value is -0.700. The highest BCUT2D eigenvalue weighted by Gasteiger charge is 2.25. The molecule has 2 nitrogen and oxygen atoms in total. The van der Waals surface area contributed by atoms with E-state index in [1.54, 1.807) is 6.07 Å². The fourth-order valence-electron chi connectivity index (χ4n) is 0.930. The van der Waals surface area contributed by atoms with Crippen LogP contribution in [-0.4, -0.2) is 6.08 Å². The molecule has 0 aliphatic carbocycles. The summed E-state index contributed by atoms with van der Waals surface area (Å²) in [7, 11) is 0. The Balaban J connectivity index is 3.20. The lowest BCUT2D eigenvalue weighted by molar-refractivity contribution is 0.206. The van der Waals surface area contributed by atoms with Crippen LogP contribution in [0.25, 0.3) is 0 Å². The third kappa shape index (κ3) is 2.41. The monoisotopic (exact) mass is 277 g/mol. The smallest absolute Gasteiger partial charge is 0.212 e. The number of carbonyl (C=O) groups excluding carboxylic acids is 1. The quantitative estimate of drug-likeness (QED) is 0.462. The average Bonchev–Trinajstić information content (AvgIpc) is 2.09. The summed E-state index contributed by atoms with van der Waals surface area (Å²) in [5.41, 5.74) is 0.217. The largest absolute Gasteiger partial charge is 0.238 e. The van der Waals surface area contributed by atoms with Crippen LogP contribution in [0.4, 0.5) is 4.39 Å². The van der Waals surface area contributed by atoms with Crippen molar-refractivity contribution in [2.75, 3.05) is 0 Å². The normalized spacial score (nSPS) is 14.3. The number of isocyanates is 1. The van der Waals surface area contributed by atoms with Crippen LogP contribution in [0.5, 0.6) is 0 Å². The van der Waals surface area contributed by atoms with Crippen molar-refractivity contribution in [3.8, 4) is 0 Å². The fourth-order valence-corrected chi connectivity index (χ4v) is 1.36. The van der Waals surface area contributed by atoms with E-state index < -0.39 is 5.79 Å². The molecule has 74 valence electrons. The van der Waals surface area contributed by atoms with Gasteiger partial charge >= 0.3 is 0 Å². The van der Waals surface area contributed by atoms with Crippen molar-refractivity contribution in [2.45, 2.75) is 12.7 Å². The van der Waals surface area contributed by atoms with Crippen LogP contribution in [0.15, 0.2) is 27.7 Å². The summed E-state index contributed by atoms with van der Waals surface area (Å²) in [6.07, 6.45) is 1.19. The second-order valence-corrected chi connectivity index (χ2v) is 4.05. The molecule has 0 spiro atoms. The first kappa shape index (κ1) is 11.4. The molecular weight excluding hydrogens is 272 g/mol. The first-order chi connectivity index (χ1) is 6.47. The first-order valence-corrected chi connectivity index (χ1v) is 4.88. The number of hydrogen-bond donors (Lipinski definition) is 0. The third-order valence-electron chi connectivity index (χ3n) is 1.70. The van der Waals surface area contributed by atoms with Gasteiger partial charge in [-0.15, -0.1) is 0 Å². The van der Waals surface area contributed by atoms with E-state index in [9.17, 15) is 9.18 Å². The minimum atomic E-state index is -2.08. The lowest BCUT2D eigenvalue weighted by atomic mass is 10.1. The molecular formula is C9H6BrClFNO. The number of benzene rings is 1. The highest BCUT2D eigenvalue weighted by atomic mass is 79.9. The predicted octanol–water partition coefficient (Wildman–Crippen LogP) is 3.58. The van der Waals surface area contributed by atoms with E-state index in [1.165, 1.54) is 18.2 Å². The molecule has 0 saturated carbocycles. The summed E-state index contributed by atoms with van der Waals surface area (Å²) in [5, 5.41) is 0.368. The maximum atomic E-state index is 13.6. The molecule has 0 radical (unpaired) electrons. The van der Waals surface area contributed by atoms with E-state index in [-0.39, 0.29) is 5.56 Å². The molecule has 0 aliphatic rings. The molecule has 1 atom stereocenters. The van der Waals surface area contributed by atoms with Crippen molar-refractivity contribution < 1.29 is 9.18 Å². The first-order valence-electron chi connectivity index (χ1n) is 3.71. The van der Waals surface area contributed by atoms with Crippen LogP contribution in [0.3, 0.4) is 0 Å². The predicted molar refractivity (Wildman–Crippen MR) is 55.7 cm³/mol. The van der Waals surface area contributed by atoms with Crippen molar-refractivity contribution in [1.29, 1.82) is 0 Å². The number of aliphatic imine (C=N–C) groups is 1. The zero-order chi connectivity index (χ0) is 10.8. The van der Waals surface area contributed by atoms with E-state index in [0.29, 0.717) is 9.50 Å². The van der Waals surface area contributed by atoms with E-state index in [1.807, 2.05) is 0 Å². The molecule has 0 aliphatic heterocycles. The van der Waals surface area contributed by atoms with E-state index in [4.69, 9.17) is 11.6 Å². The Labute approximate surface area is 93.9 Å². The van der Waals surface area contributed by atoms with Crippen molar-refractivity contribution in [3.63, 3.8) is 0 Å². The van der Waals surface area contributed by atoms with Gasteiger partial charge in [0.1, 0.15) is 0 Å². The van der Waals surface area contributed by atoms with Gasteiger partial charge in [0, 0.05) is 10.0 Å². The summed E-state index contributed by atoms with van der Waals surface area (Å²) in [5.74, 6) is -2.08. The van der Waals surface area contributed by atoms with Gasteiger partial charge in [0.25, 0.3) is 0 Å². The molecule has 0 fully saturated rings. The zero-order valence-corrected chi connectivity index (χ0v) is 9.56. The van der Waals surface area contributed by atoms with Gasteiger partial charge in [-0.1, -0.05) is 17.7 Å². The van der Waals surface area contributed by atoms with Gasteiger partial charge in [-0.05, 0) is 35.0 Å². The Morgan fingerprint density at radius 3 is 2.79 bits per heavy atom. The molecule has 1 unspecified atom stereocenters. The number of alkyl halides is 1. The van der Waals surface area contributed by atoms with Gasteiger partial charge in [0.15, 0.2) is 0 Å². The van der Waals surface area contributed by atoms with Crippen molar-refractivity contribution in [2.24, 2.45) is 4.99 Å². The summed E-state index contributed by atoms with van der Waals surface area (Å²) in [4.78, 5) is 13.0. The summed E-state index contributed by atoms with van der Waals surface area (Å²) in [6.45, 7) is 1.16. The maximum absolute atomic E-state index is 13.6. The lowest BCUT2D eigenvalue weighted by Gasteiger charge is -2.13. The second-order valence-electron chi connectivity index (χ2n) is 2.79. The molecule has 14 heavy (non-hydrogen) atoms. The van der Waals surface area contributed by atoms with Crippen molar-refractivity contribution >= 4 is 33.6 Å². The fraction of sp³-hybridized carbons (Fsp3) is 0.222. The van der Waals surface area contributed by atoms with Crippen molar-refractivity contribution in [1.82, 2.24) is 0 Å². The average molecular weight is 279 g/mol. The molecule has 0 amide bonds. The lowest BCUT2D eigenvalue weighted by Crippen LogP contribution is -2.11. The van der Waals surface area contributed by atoms with Crippen LogP contribution in [0.1, 0.15) is 12.5 Å². The third-order valence-corrected chi connectivity index (χ3v) is 2.93. The van der Waals surface area contributed by atoms with Crippen LogP contribution in [0.2, 0.25) is 5.02 Å². The molecule has 0 saturated heterocycles. The Kier molecular flexibility index (Phi) is 3.43. The van der Waals surface area contributed by atoms with Gasteiger partial charge < -0.3 is 0 Å². The topological polar surface area (TPSA) is 29.4 Å². The molecule has 5 heteroatoms. The van der Waals surface area contributed by atoms with Crippen molar-refractivity contribution in [3.05, 3.63) is 33.3 Å². The van der Waals surface area contributed by atoms with Gasteiger partial charge in [-0.2, -0.15) is 4.99 Å². The molecule has 0 heterocycles. The standard InChI is InChI=1S/C9H6BrClFNO/c1-9(12,13-5-14)6-2-3-7(10)8(11)4-6/h2-4H,1H3. The van der Waals surface area contributed by atoms with Gasteiger partial charge in [-0.3, -0.25) is 0 Å². The number of rotatable bonds is 2. The summed E-state index contributed by atoms with van der Waals surface area (Å²) < 4.78 is 14.3. The van der Waals surface area contributed by atoms with Crippen LogP contribution in [0, 0.1) is 0 Å². The molecule has 0 aromatic heterocycles. The molecule has 1 rings (SSSR count). The van der Waals surface area contributed by atoms with Gasteiger partial charge in [0.2, 0.25) is 11.9 Å². The highest BCUT2D eigenvalue weighted by Crippen LogP contribution is 2.31. The van der Waals surface area contributed by atoms with E-state index in [0.717, 1.165) is 6.92 Å². The summed E-state index contributed by atoms with van der Waals surface area (Å²) in [6, 6.07) is 4.50. The van der Waals surface area contributed by atoms with E-state index in [2.05, 4.69) is 20.9 Å². The Morgan fingerprint density at radius 2 is 2.29 bits per heavy atom. The number of hydrogen-bond acceptors (Lipinski definition) is 2. The minimum absolute atomic E-state index is 0.217. The number of nitrogens with zero attached hydrogens (tertiary/aromatic N) is 1. The zero-order valence-electron chi connectivity index (χ0n) is 7.22. The number of halogens is 3. The highest BCUT2D eigenvalue weighted by molar-refractivity contribution is 9.10. The minimum Gasteiger partial charge on any atom is -0.212 e. The molecule has 0 bridgehead atoms. The van der Waals surface area contributed by atoms with Crippen LogP contribution in [-0.2, 0) is 10.6 Å². The SMILES string of the molecule is CC(F)(N=C=O)c1ccc(Br)c(Cl)c1. The second kappa shape index (κ2) is 4.22. The Morgan fingerprint density at radius 1 is 1.64 bits per heavy atom. The summed E-state index contributed by atoms with van der Waals surface area (Å²) >= 11 is 8.94.